The summed E-state index contributed by atoms with van der Waals surface area (Å²) in [6.45, 7) is 6.27. The van der Waals surface area contributed by atoms with E-state index in [1.54, 1.807) is 0 Å². The van der Waals surface area contributed by atoms with Crippen molar-refractivity contribution in [1.82, 2.24) is 20.9 Å². The molecule has 45 heavy (non-hydrogen) atoms. The molecule has 244 valence electrons. The Balaban J connectivity index is 0.00000552. The zero-order valence-electron chi connectivity index (χ0n) is 25.5. The lowest BCUT2D eigenvalue weighted by Gasteiger charge is -2.25. The van der Waals surface area contributed by atoms with Crippen molar-refractivity contribution in [2.75, 3.05) is 6.54 Å². The third-order valence-electron chi connectivity index (χ3n) is 8.04. The van der Waals surface area contributed by atoms with Crippen LogP contribution >= 0.6 is 0 Å². The Labute approximate surface area is 266 Å². The zero-order chi connectivity index (χ0) is 31.5. The van der Waals surface area contributed by atoms with Crippen LogP contribution in [0.25, 0.3) is 10.9 Å². The van der Waals surface area contributed by atoms with Crippen LogP contribution < -0.4 is 27.4 Å². The van der Waals surface area contributed by atoms with E-state index in [1.807, 2.05) is 67.7 Å². The van der Waals surface area contributed by atoms with Crippen molar-refractivity contribution in [3.8, 4) is 0 Å². The number of carbonyl (C=O) groups is 3. The van der Waals surface area contributed by atoms with Gasteiger partial charge in [-0.2, -0.15) is 0 Å². The van der Waals surface area contributed by atoms with E-state index in [4.69, 9.17) is 16.2 Å². The molecule has 1 aliphatic rings. The first-order valence-electron chi connectivity index (χ1n) is 15.5. The first kappa shape index (κ1) is 35.3. The zero-order valence-corrected chi connectivity index (χ0v) is 25.5. The highest BCUT2D eigenvalue weighted by Crippen LogP contribution is 2.22. The van der Waals surface area contributed by atoms with Gasteiger partial charge in [-0.05, 0) is 49.9 Å². The number of nitrogens with one attached hydrogen (secondary N) is 4. The Hall–Kier alpha value is -4.15. The number of aromatic nitrogens is 1. The number of aromatic amines is 1. The largest absolute Gasteiger partial charge is 0.493 e. The minimum Gasteiger partial charge on any atom is -0.493 e. The van der Waals surface area contributed by atoms with E-state index >= 15 is 0 Å². The second-order valence-corrected chi connectivity index (χ2v) is 11.8. The molecule has 0 spiro atoms. The van der Waals surface area contributed by atoms with Crippen molar-refractivity contribution >= 4 is 28.6 Å². The van der Waals surface area contributed by atoms with E-state index in [0.717, 1.165) is 34.9 Å². The standard InChI is InChI=1S/C34H46N6O4.CH4/c1-22-16-30(23(2)44-22)39-33(42)20-27(12-8-9-15-35)38-34(43)31(18-25-21-37-29-14-7-6-13-28(25)29)40-32(41)19-26(36)17-24-10-4-3-5-11-24;/h3-7,10-11,13-14,21,23,26-27,30-31,37H,1,8-9,12,15-20,35-36H2,2H3,(H,38,43)(H,39,42)(H,40,41);1H4/t23-,26+,27+,30-,31-;/m1./s1. The maximum Gasteiger partial charge on any atom is 0.243 e. The topological polar surface area (TPSA) is 164 Å². The van der Waals surface area contributed by atoms with Gasteiger partial charge < -0.3 is 37.1 Å². The Bertz CT molecular complexity index is 1410. The van der Waals surface area contributed by atoms with Crippen molar-refractivity contribution in [2.45, 2.75) is 96.0 Å². The number of amides is 3. The second kappa shape index (κ2) is 17.4. The summed E-state index contributed by atoms with van der Waals surface area (Å²) in [6, 6.07) is 15.7. The van der Waals surface area contributed by atoms with E-state index in [-0.39, 0.29) is 56.6 Å². The summed E-state index contributed by atoms with van der Waals surface area (Å²) < 4.78 is 5.59. The monoisotopic (exact) mass is 618 g/mol. The van der Waals surface area contributed by atoms with Gasteiger partial charge in [-0.25, -0.2) is 0 Å². The Morgan fingerprint density at radius 2 is 1.73 bits per heavy atom. The van der Waals surface area contributed by atoms with Gasteiger partial charge in [0.05, 0.1) is 11.8 Å². The van der Waals surface area contributed by atoms with Crippen LogP contribution in [0.3, 0.4) is 0 Å². The lowest BCUT2D eigenvalue weighted by Crippen LogP contribution is -2.52. The number of carbonyl (C=O) groups excluding carboxylic acids is 3. The highest BCUT2D eigenvalue weighted by molar-refractivity contribution is 5.90. The average molecular weight is 619 g/mol. The molecule has 3 aromatic rings. The molecule has 3 amide bonds. The molecule has 0 bridgehead atoms. The lowest BCUT2D eigenvalue weighted by molar-refractivity contribution is -0.130. The lowest BCUT2D eigenvalue weighted by atomic mass is 10.0. The number of fused-ring (bicyclic) bond motifs is 1. The first-order chi connectivity index (χ1) is 21.2. The third kappa shape index (κ3) is 10.8. The van der Waals surface area contributed by atoms with E-state index in [9.17, 15) is 14.4 Å². The minimum atomic E-state index is -0.864. The molecular formula is C35H50N6O4. The van der Waals surface area contributed by atoms with E-state index in [1.165, 1.54) is 0 Å². The molecule has 1 fully saturated rings. The summed E-state index contributed by atoms with van der Waals surface area (Å²) in [5.41, 5.74) is 14.9. The molecule has 2 aromatic carbocycles. The molecule has 5 atom stereocenters. The molecule has 1 aliphatic heterocycles. The predicted molar refractivity (Wildman–Crippen MR) is 179 cm³/mol. The molecule has 0 saturated carbocycles. The molecule has 0 aliphatic carbocycles. The predicted octanol–water partition coefficient (Wildman–Crippen LogP) is 3.60. The molecule has 1 aromatic heterocycles. The molecule has 2 heterocycles. The smallest absolute Gasteiger partial charge is 0.243 e. The molecule has 1 saturated heterocycles. The van der Waals surface area contributed by atoms with Crippen LogP contribution in [0.5, 0.6) is 0 Å². The maximum absolute atomic E-state index is 13.8. The van der Waals surface area contributed by atoms with Crippen molar-refractivity contribution in [3.05, 3.63) is 84.3 Å². The van der Waals surface area contributed by atoms with Gasteiger partial charge in [-0.3, -0.25) is 14.4 Å². The van der Waals surface area contributed by atoms with Crippen LogP contribution in [0.4, 0.5) is 0 Å². The van der Waals surface area contributed by atoms with Gasteiger partial charge in [0.25, 0.3) is 0 Å². The second-order valence-electron chi connectivity index (χ2n) is 11.8. The fourth-order valence-corrected chi connectivity index (χ4v) is 5.73. The first-order valence-corrected chi connectivity index (χ1v) is 15.5. The number of para-hydroxylation sites is 1. The number of hydrogen-bond donors (Lipinski definition) is 6. The number of benzene rings is 2. The molecule has 0 unspecified atom stereocenters. The molecule has 10 nitrogen and oxygen atoms in total. The Morgan fingerprint density at radius 1 is 1.00 bits per heavy atom. The summed E-state index contributed by atoms with van der Waals surface area (Å²) in [5, 5.41) is 10.0. The van der Waals surface area contributed by atoms with Gasteiger partial charge >= 0.3 is 0 Å². The average Bonchev–Trinajstić information content (AvgIpc) is 3.54. The maximum atomic E-state index is 13.8. The van der Waals surface area contributed by atoms with Crippen LogP contribution in [0.1, 0.15) is 64.0 Å². The molecular weight excluding hydrogens is 568 g/mol. The number of hydrogen-bond acceptors (Lipinski definition) is 6. The van der Waals surface area contributed by atoms with Gasteiger partial charge in [0.1, 0.15) is 12.1 Å². The van der Waals surface area contributed by atoms with Gasteiger partial charge in [0, 0.05) is 54.9 Å². The van der Waals surface area contributed by atoms with Gasteiger partial charge in [-0.15, -0.1) is 0 Å². The van der Waals surface area contributed by atoms with Crippen LogP contribution in [-0.2, 0) is 32.0 Å². The van der Waals surface area contributed by atoms with Crippen LogP contribution in [0.2, 0.25) is 0 Å². The summed E-state index contributed by atoms with van der Waals surface area (Å²) >= 11 is 0. The third-order valence-corrected chi connectivity index (χ3v) is 8.04. The highest BCUT2D eigenvalue weighted by Gasteiger charge is 2.31. The van der Waals surface area contributed by atoms with Crippen molar-refractivity contribution in [1.29, 1.82) is 0 Å². The fourth-order valence-electron chi connectivity index (χ4n) is 5.73. The Kier molecular flexibility index (Phi) is 13.6. The summed E-state index contributed by atoms with van der Waals surface area (Å²) in [5.74, 6) is -0.185. The number of H-pyrrole nitrogens is 1. The highest BCUT2D eigenvalue weighted by atomic mass is 16.5. The summed E-state index contributed by atoms with van der Waals surface area (Å²) in [6.07, 6.45) is 5.35. The molecule has 4 rings (SSSR count). The van der Waals surface area contributed by atoms with Crippen molar-refractivity contribution in [2.24, 2.45) is 11.5 Å². The van der Waals surface area contributed by atoms with E-state index in [2.05, 4.69) is 27.5 Å². The number of rotatable bonds is 16. The van der Waals surface area contributed by atoms with Gasteiger partial charge in [0.2, 0.25) is 17.7 Å². The summed E-state index contributed by atoms with van der Waals surface area (Å²) in [7, 11) is 0. The van der Waals surface area contributed by atoms with Crippen LogP contribution in [0.15, 0.2) is 73.1 Å². The summed E-state index contributed by atoms with van der Waals surface area (Å²) in [4.78, 5) is 43.3. The van der Waals surface area contributed by atoms with E-state index in [0.29, 0.717) is 31.6 Å². The number of ether oxygens (including phenoxy) is 1. The molecule has 0 radical (unpaired) electrons. The molecule has 8 N–H and O–H groups in total. The van der Waals surface area contributed by atoms with Gasteiger partial charge in [0.15, 0.2) is 0 Å². The number of nitrogens with two attached hydrogens (primary N) is 2. The molecule has 10 heteroatoms. The van der Waals surface area contributed by atoms with Crippen molar-refractivity contribution < 1.29 is 19.1 Å². The SMILES string of the molecule is C.C=C1C[C@@H](NC(=O)C[C@H](CCCCN)NC(=O)[C@@H](Cc2c[nH]c3ccccc23)NC(=O)C[C@@H](N)Cc2ccccc2)[C@@H](C)O1. The van der Waals surface area contributed by atoms with Crippen molar-refractivity contribution in [3.63, 3.8) is 0 Å². The van der Waals surface area contributed by atoms with Crippen LogP contribution in [-0.4, -0.2) is 59.5 Å². The quantitative estimate of drug-likeness (QED) is 0.134. The Morgan fingerprint density at radius 3 is 2.44 bits per heavy atom. The normalized spacial score (nSPS) is 17.9. The fraction of sp³-hybridized carbons (Fsp3) is 0.457. The van der Waals surface area contributed by atoms with Crippen LogP contribution in [0, 0.1) is 0 Å². The minimum absolute atomic E-state index is 0. The van der Waals surface area contributed by atoms with E-state index < -0.39 is 18.1 Å². The van der Waals surface area contributed by atoms with Gasteiger partial charge in [-0.1, -0.05) is 69.0 Å². The number of unbranched alkanes of at least 4 members (excludes halogenated alkanes) is 1.